The Morgan fingerprint density at radius 1 is 1.15 bits per heavy atom. The Morgan fingerprint density at radius 3 is 2.58 bits per heavy atom. The van der Waals surface area contributed by atoms with Crippen molar-refractivity contribution in [2.24, 2.45) is 4.99 Å². The van der Waals surface area contributed by atoms with E-state index in [4.69, 9.17) is 4.74 Å². The number of ether oxygens (including phenoxy) is 1. The van der Waals surface area contributed by atoms with Crippen molar-refractivity contribution in [3.8, 4) is 5.75 Å². The Kier molecular flexibility index (Phi) is 13.8. The lowest BCUT2D eigenvalue weighted by Gasteiger charge is -2.12. The molecular formula is C19H33IN4O2. The van der Waals surface area contributed by atoms with E-state index in [2.05, 4.69) is 39.1 Å². The molecule has 0 fully saturated rings. The van der Waals surface area contributed by atoms with E-state index >= 15 is 0 Å². The summed E-state index contributed by atoms with van der Waals surface area (Å²) in [5.74, 6) is 1.70. The Labute approximate surface area is 174 Å². The van der Waals surface area contributed by atoms with Gasteiger partial charge < -0.3 is 20.7 Å². The zero-order valence-corrected chi connectivity index (χ0v) is 18.7. The van der Waals surface area contributed by atoms with E-state index in [1.165, 1.54) is 5.56 Å². The molecule has 1 aromatic rings. The molecule has 0 saturated carbocycles. The zero-order valence-electron chi connectivity index (χ0n) is 16.4. The number of rotatable bonds is 10. The third-order valence-corrected chi connectivity index (χ3v) is 3.70. The maximum absolute atomic E-state index is 11.6. The van der Waals surface area contributed by atoms with Crippen molar-refractivity contribution in [3.05, 3.63) is 29.3 Å². The standard InChI is InChI=1S/C19H32N4O2.HI/c1-5-11-21-18(24)10-13-23-19(20-6-2)22-12-9-16-8-7-15(3)17(14-16)25-4;/h7-8,14H,5-6,9-13H2,1-4H3,(H,21,24)(H2,20,22,23);1H. The predicted molar refractivity (Wildman–Crippen MR) is 119 cm³/mol. The van der Waals surface area contributed by atoms with Crippen LogP contribution in [0.4, 0.5) is 0 Å². The summed E-state index contributed by atoms with van der Waals surface area (Å²) >= 11 is 0. The second-order valence-corrected chi connectivity index (χ2v) is 5.84. The molecule has 0 atom stereocenters. The average Bonchev–Trinajstić information content (AvgIpc) is 2.61. The third kappa shape index (κ3) is 9.84. The number of carbonyl (C=O) groups excluding carboxylic acids is 1. The molecule has 0 aliphatic rings. The lowest BCUT2D eigenvalue weighted by Crippen LogP contribution is -2.38. The van der Waals surface area contributed by atoms with Gasteiger partial charge in [0.05, 0.1) is 13.7 Å². The number of methoxy groups -OCH3 is 1. The monoisotopic (exact) mass is 476 g/mol. The Hall–Kier alpha value is -1.51. The van der Waals surface area contributed by atoms with Crippen LogP contribution in [0.5, 0.6) is 5.75 Å². The van der Waals surface area contributed by atoms with Gasteiger partial charge in [-0.25, -0.2) is 0 Å². The van der Waals surface area contributed by atoms with Crippen LogP contribution in [0.3, 0.4) is 0 Å². The number of guanidine groups is 1. The van der Waals surface area contributed by atoms with Gasteiger partial charge in [-0.05, 0) is 43.9 Å². The van der Waals surface area contributed by atoms with Crippen LogP contribution < -0.4 is 20.7 Å². The SMILES string of the molecule is CCCNC(=O)CCN=C(NCC)NCCc1ccc(C)c(OC)c1.I. The lowest BCUT2D eigenvalue weighted by molar-refractivity contribution is -0.120. The number of aliphatic imine (C=N–C) groups is 1. The molecule has 0 aliphatic carbocycles. The van der Waals surface area contributed by atoms with Crippen LogP contribution in [0.2, 0.25) is 0 Å². The first-order chi connectivity index (χ1) is 12.1. The summed E-state index contributed by atoms with van der Waals surface area (Å²) in [5, 5.41) is 9.36. The number of benzene rings is 1. The van der Waals surface area contributed by atoms with E-state index in [-0.39, 0.29) is 29.9 Å². The largest absolute Gasteiger partial charge is 0.496 e. The molecular weight excluding hydrogens is 443 g/mol. The highest BCUT2D eigenvalue weighted by molar-refractivity contribution is 14.0. The lowest BCUT2D eigenvalue weighted by atomic mass is 10.1. The van der Waals surface area contributed by atoms with Crippen LogP contribution in [-0.4, -0.2) is 45.2 Å². The van der Waals surface area contributed by atoms with E-state index in [0.29, 0.717) is 13.0 Å². The van der Waals surface area contributed by atoms with Crippen molar-refractivity contribution in [3.63, 3.8) is 0 Å². The molecule has 0 aliphatic heterocycles. The summed E-state index contributed by atoms with van der Waals surface area (Å²) in [4.78, 5) is 16.0. The van der Waals surface area contributed by atoms with E-state index in [1.807, 2.05) is 20.8 Å². The quantitative estimate of drug-likeness (QED) is 0.276. The highest BCUT2D eigenvalue weighted by atomic mass is 127. The number of nitrogens with zero attached hydrogens (tertiary/aromatic N) is 1. The van der Waals surface area contributed by atoms with Gasteiger partial charge in [0.1, 0.15) is 5.75 Å². The third-order valence-electron chi connectivity index (χ3n) is 3.70. The summed E-state index contributed by atoms with van der Waals surface area (Å²) in [7, 11) is 1.69. The fourth-order valence-electron chi connectivity index (χ4n) is 2.31. The zero-order chi connectivity index (χ0) is 18.5. The normalized spacial score (nSPS) is 10.7. The molecule has 0 heterocycles. The van der Waals surface area contributed by atoms with Gasteiger partial charge >= 0.3 is 0 Å². The van der Waals surface area contributed by atoms with Crippen molar-refractivity contribution in [1.29, 1.82) is 0 Å². The van der Waals surface area contributed by atoms with Crippen LogP contribution >= 0.6 is 24.0 Å². The number of aryl methyl sites for hydroxylation is 1. The number of hydrogen-bond acceptors (Lipinski definition) is 3. The van der Waals surface area contributed by atoms with Gasteiger partial charge in [-0.3, -0.25) is 9.79 Å². The van der Waals surface area contributed by atoms with Crippen molar-refractivity contribution >= 4 is 35.8 Å². The highest BCUT2D eigenvalue weighted by Crippen LogP contribution is 2.18. The van der Waals surface area contributed by atoms with Crippen LogP contribution in [0, 0.1) is 6.92 Å². The molecule has 1 amide bonds. The van der Waals surface area contributed by atoms with Gasteiger partial charge in [-0.1, -0.05) is 19.1 Å². The molecule has 6 nitrogen and oxygen atoms in total. The average molecular weight is 476 g/mol. The number of amides is 1. The molecule has 0 spiro atoms. The first kappa shape index (κ1) is 24.5. The molecule has 26 heavy (non-hydrogen) atoms. The minimum absolute atomic E-state index is 0. The van der Waals surface area contributed by atoms with E-state index in [1.54, 1.807) is 7.11 Å². The minimum atomic E-state index is 0. The fourth-order valence-corrected chi connectivity index (χ4v) is 2.31. The van der Waals surface area contributed by atoms with E-state index < -0.39 is 0 Å². The van der Waals surface area contributed by atoms with Gasteiger partial charge in [0.15, 0.2) is 5.96 Å². The van der Waals surface area contributed by atoms with Crippen LogP contribution in [0.25, 0.3) is 0 Å². The Bertz CT molecular complexity index is 564. The van der Waals surface area contributed by atoms with E-state index in [0.717, 1.165) is 49.7 Å². The topological polar surface area (TPSA) is 74.8 Å². The number of hydrogen-bond donors (Lipinski definition) is 3. The molecule has 1 aromatic carbocycles. The molecule has 0 bridgehead atoms. The summed E-state index contributed by atoms with van der Waals surface area (Å²) in [6.07, 6.45) is 2.23. The summed E-state index contributed by atoms with van der Waals surface area (Å²) in [6, 6.07) is 6.25. The molecule has 0 unspecified atom stereocenters. The maximum atomic E-state index is 11.6. The molecule has 7 heteroatoms. The van der Waals surface area contributed by atoms with Gasteiger partial charge in [-0.15, -0.1) is 24.0 Å². The summed E-state index contributed by atoms with van der Waals surface area (Å²) < 4.78 is 5.36. The van der Waals surface area contributed by atoms with Crippen molar-refractivity contribution < 1.29 is 9.53 Å². The molecule has 0 aromatic heterocycles. The number of carbonyl (C=O) groups is 1. The first-order valence-corrected chi connectivity index (χ1v) is 9.03. The number of nitrogens with one attached hydrogen (secondary N) is 3. The molecule has 0 saturated heterocycles. The van der Waals surface area contributed by atoms with Crippen LogP contribution in [0.1, 0.15) is 37.8 Å². The molecule has 1 rings (SSSR count). The van der Waals surface area contributed by atoms with E-state index in [9.17, 15) is 4.79 Å². The van der Waals surface area contributed by atoms with Crippen molar-refractivity contribution in [2.45, 2.75) is 40.0 Å². The van der Waals surface area contributed by atoms with Crippen LogP contribution in [-0.2, 0) is 11.2 Å². The molecule has 3 N–H and O–H groups in total. The van der Waals surface area contributed by atoms with Crippen molar-refractivity contribution in [2.75, 3.05) is 33.3 Å². The second kappa shape index (κ2) is 14.6. The van der Waals surface area contributed by atoms with Crippen LogP contribution in [0.15, 0.2) is 23.2 Å². The smallest absolute Gasteiger partial charge is 0.221 e. The predicted octanol–water partition coefficient (Wildman–Crippen LogP) is 2.64. The minimum Gasteiger partial charge on any atom is -0.496 e. The molecule has 0 radical (unpaired) electrons. The maximum Gasteiger partial charge on any atom is 0.221 e. The summed E-state index contributed by atoms with van der Waals surface area (Å²) in [6.45, 7) is 8.84. The molecule has 148 valence electrons. The Morgan fingerprint density at radius 2 is 1.92 bits per heavy atom. The highest BCUT2D eigenvalue weighted by Gasteiger charge is 2.03. The van der Waals surface area contributed by atoms with Gasteiger partial charge in [0.2, 0.25) is 5.91 Å². The van der Waals surface area contributed by atoms with Gasteiger partial charge in [0, 0.05) is 26.1 Å². The first-order valence-electron chi connectivity index (χ1n) is 9.03. The second-order valence-electron chi connectivity index (χ2n) is 5.84. The van der Waals surface area contributed by atoms with Gasteiger partial charge in [-0.2, -0.15) is 0 Å². The fraction of sp³-hybridized carbons (Fsp3) is 0.579. The number of halogens is 1. The van der Waals surface area contributed by atoms with Crippen molar-refractivity contribution in [1.82, 2.24) is 16.0 Å². The Balaban J connectivity index is 0.00000625. The summed E-state index contributed by atoms with van der Waals surface area (Å²) in [5.41, 5.74) is 2.35. The van der Waals surface area contributed by atoms with Gasteiger partial charge in [0.25, 0.3) is 0 Å².